The van der Waals surface area contributed by atoms with Gasteiger partial charge in [0.25, 0.3) is 0 Å². The number of halogens is 2. The van der Waals surface area contributed by atoms with E-state index in [0.29, 0.717) is 5.92 Å². The Labute approximate surface area is 95.9 Å². The molecule has 1 saturated carbocycles. The lowest BCUT2D eigenvalue weighted by Crippen LogP contribution is -2.24. The van der Waals surface area contributed by atoms with Crippen molar-refractivity contribution in [3.63, 3.8) is 0 Å². The van der Waals surface area contributed by atoms with Gasteiger partial charge < -0.3 is 4.74 Å². The molecule has 0 aromatic rings. The van der Waals surface area contributed by atoms with E-state index in [0.717, 1.165) is 25.7 Å². The molecule has 0 bridgehead atoms. The zero-order valence-corrected chi connectivity index (χ0v) is 9.63. The molecule has 0 aromatic carbocycles. The Hall–Kier alpha value is -0.440. The molecule has 0 radical (unpaired) electrons. The Morgan fingerprint density at radius 2 is 1.88 bits per heavy atom. The zero-order chi connectivity index (χ0) is 11.4. The summed E-state index contributed by atoms with van der Waals surface area (Å²) >= 11 is 0. The molecule has 1 nitrogen and oxygen atoms in total. The molecular formula is C13H20F2O. The van der Waals surface area contributed by atoms with Crippen LogP contribution in [0.25, 0.3) is 0 Å². The number of hydrogen-bond donors (Lipinski definition) is 0. The predicted molar refractivity (Wildman–Crippen MR) is 59.4 cm³/mol. The lowest BCUT2D eigenvalue weighted by Gasteiger charge is -2.31. The first kappa shape index (κ1) is 12.0. The maximum absolute atomic E-state index is 12.0. The summed E-state index contributed by atoms with van der Waals surface area (Å²) in [5.74, 6) is 0.651. The first-order chi connectivity index (χ1) is 7.75. The SMILES string of the molecule is FC(F)OC1CCC(C2=CCCCC2)CC1. The van der Waals surface area contributed by atoms with Gasteiger partial charge in [0.2, 0.25) is 0 Å². The Balaban J connectivity index is 1.78. The topological polar surface area (TPSA) is 9.23 Å². The van der Waals surface area contributed by atoms with Crippen LogP contribution in [0.1, 0.15) is 51.4 Å². The van der Waals surface area contributed by atoms with Gasteiger partial charge >= 0.3 is 6.61 Å². The predicted octanol–water partition coefficient (Wildman–Crippen LogP) is 4.28. The summed E-state index contributed by atoms with van der Waals surface area (Å²) in [6.07, 6.45) is 10.9. The number of hydrogen-bond acceptors (Lipinski definition) is 1. The summed E-state index contributed by atoms with van der Waals surface area (Å²) in [6, 6.07) is 0. The highest BCUT2D eigenvalue weighted by atomic mass is 19.3. The van der Waals surface area contributed by atoms with Gasteiger partial charge in [0, 0.05) is 0 Å². The minimum atomic E-state index is -2.60. The van der Waals surface area contributed by atoms with Crippen LogP contribution in [-0.2, 0) is 4.74 Å². The van der Waals surface area contributed by atoms with E-state index in [-0.39, 0.29) is 6.10 Å². The average Bonchev–Trinajstić information content (AvgIpc) is 2.30. The number of rotatable bonds is 3. The molecule has 0 heterocycles. The van der Waals surface area contributed by atoms with Gasteiger partial charge in [0.05, 0.1) is 6.10 Å². The van der Waals surface area contributed by atoms with Gasteiger partial charge in [-0.2, -0.15) is 8.78 Å². The fourth-order valence-corrected chi connectivity index (χ4v) is 2.95. The smallest absolute Gasteiger partial charge is 0.320 e. The fraction of sp³-hybridized carbons (Fsp3) is 0.846. The molecule has 2 aliphatic rings. The van der Waals surface area contributed by atoms with Gasteiger partial charge in [0.1, 0.15) is 0 Å². The minimum Gasteiger partial charge on any atom is -0.320 e. The van der Waals surface area contributed by atoms with Crippen LogP contribution in [0.4, 0.5) is 8.78 Å². The monoisotopic (exact) mass is 230 g/mol. The molecule has 0 spiro atoms. The minimum absolute atomic E-state index is 0.208. The number of ether oxygens (including phenoxy) is 1. The third-order valence-electron chi connectivity index (χ3n) is 3.82. The molecule has 3 heteroatoms. The van der Waals surface area contributed by atoms with Crippen LogP contribution in [0, 0.1) is 5.92 Å². The molecular weight excluding hydrogens is 210 g/mol. The van der Waals surface area contributed by atoms with Crippen LogP contribution in [-0.4, -0.2) is 12.7 Å². The maximum atomic E-state index is 12.0. The van der Waals surface area contributed by atoms with Crippen molar-refractivity contribution >= 4 is 0 Å². The van der Waals surface area contributed by atoms with Crippen molar-refractivity contribution < 1.29 is 13.5 Å². The van der Waals surface area contributed by atoms with Crippen LogP contribution >= 0.6 is 0 Å². The van der Waals surface area contributed by atoms with Gasteiger partial charge in [-0.3, -0.25) is 0 Å². The van der Waals surface area contributed by atoms with Crippen molar-refractivity contribution in [2.24, 2.45) is 5.92 Å². The molecule has 0 amide bonds. The third kappa shape index (κ3) is 3.27. The van der Waals surface area contributed by atoms with E-state index in [4.69, 9.17) is 0 Å². The normalized spacial score (nSPS) is 31.6. The van der Waals surface area contributed by atoms with Gasteiger partial charge in [-0.1, -0.05) is 11.6 Å². The van der Waals surface area contributed by atoms with Crippen LogP contribution < -0.4 is 0 Å². The van der Waals surface area contributed by atoms with Crippen LogP contribution in [0.5, 0.6) is 0 Å². The highest BCUT2D eigenvalue weighted by Gasteiger charge is 2.26. The van der Waals surface area contributed by atoms with Crippen molar-refractivity contribution in [2.75, 3.05) is 0 Å². The van der Waals surface area contributed by atoms with Crippen LogP contribution in [0.15, 0.2) is 11.6 Å². The number of allylic oxidation sites excluding steroid dienone is 2. The van der Waals surface area contributed by atoms with E-state index in [1.165, 1.54) is 25.7 Å². The quantitative estimate of drug-likeness (QED) is 0.657. The van der Waals surface area contributed by atoms with Gasteiger partial charge in [0.15, 0.2) is 0 Å². The van der Waals surface area contributed by atoms with Crippen molar-refractivity contribution in [2.45, 2.75) is 64.1 Å². The Morgan fingerprint density at radius 3 is 2.44 bits per heavy atom. The highest BCUT2D eigenvalue weighted by Crippen LogP contribution is 2.35. The van der Waals surface area contributed by atoms with Crippen molar-refractivity contribution in [1.29, 1.82) is 0 Å². The zero-order valence-electron chi connectivity index (χ0n) is 9.63. The third-order valence-corrected chi connectivity index (χ3v) is 3.82. The molecule has 0 unspecified atom stereocenters. The molecule has 92 valence electrons. The first-order valence-electron chi connectivity index (χ1n) is 6.38. The van der Waals surface area contributed by atoms with Gasteiger partial charge in [-0.15, -0.1) is 0 Å². The average molecular weight is 230 g/mol. The van der Waals surface area contributed by atoms with Gasteiger partial charge in [-0.25, -0.2) is 0 Å². The molecule has 0 atom stereocenters. The van der Waals surface area contributed by atoms with Crippen LogP contribution in [0.2, 0.25) is 0 Å². The van der Waals surface area contributed by atoms with Gasteiger partial charge in [-0.05, 0) is 57.3 Å². The van der Waals surface area contributed by atoms with Crippen molar-refractivity contribution in [1.82, 2.24) is 0 Å². The maximum Gasteiger partial charge on any atom is 0.345 e. The highest BCUT2D eigenvalue weighted by molar-refractivity contribution is 5.10. The summed E-state index contributed by atoms with van der Waals surface area (Å²) in [5, 5.41) is 0. The molecule has 16 heavy (non-hydrogen) atoms. The van der Waals surface area contributed by atoms with Crippen molar-refractivity contribution in [3.05, 3.63) is 11.6 Å². The Bertz CT molecular complexity index is 242. The largest absolute Gasteiger partial charge is 0.345 e. The first-order valence-corrected chi connectivity index (χ1v) is 6.38. The van der Waals surface area contributed by atoms with E-state index in [1.54, 1.807) is 5.57 Å². The molecule has 2 aliphatic carbocycles. The van der Waals surface area contributed by atoms with Crippen molar-refractivity contribution in [3.8, 4) is 0 Å². The van der Waals surface area contributed by atoms with Crippen LogP contribution in [0.3, 0.4) is 0 Å². The summed E-state index contributed by atoms with van der Waals surface area (Å²) < 4.78 is 28.6. The second kappa shape index (κ2) is 5.76. The number of alkyl halides is 2. The standard InChI is InChI=1S/C13H20F2O/c14-13(15)16-12-8-6-11(7-9-12)10-4-2-1-3-5-10/h4,11-13H,1-3,5-9H2. The second-order valence-corrected chi connectivity index (χ2v) is 4.90. The summed E-state index contributed by atoms with van der Waals surface area (Å²) in [6.45, 7) is -2.60. The lowest BCUT2D eigenvalue weighted by atomic mass is 9.79. The molecule has 0 N–H and O–H groups in total. The molecule has 0 aliphatic heterocycles. The summed E-state index contributed by atoms with van der Waals surface area (Å²) in [7, 11) is 0. The summed E-state index contributed by atoms with van der Waals surface area (Å²) in [4.78, 5) is 0. The Morgan fingerprint density at radius 1 is 1.12 bits per heavy atom. The van der Waals surface area contributed by atoms with E-state index >= 15 is 0 Å². The fourth-order valence-electron chi connectivity index (χ4n) is 2.95. The molecule has 0 saturated heterocycles. The molecule has 0 aromatic heterocycles. The second-order valence-electron chi connectivity index (χ2n) is 4.90. The molecule has 2 rings (SSSR count). The van der Waals surface area contributed by atoms with E-state index in [2.05, 4.69) is 10.8 Å². The Kier molecular flexibility index (Phi) is 4.33. The van der Waals surface area contributed by atoms with E-state index < -0.39 is 6.61 Å². The van der Waals surface area contributed by atoms with E-state index in [1.807, 2.05) is 0 Å². The van der Waals surface area contributed by atoms with E-state index in [9.17, 15) is 8.78 Å². The lowest BCUT2D eigenvalue weighted by molar-refractivity contribution is -0.170. The molecule has 1 fully saturated rings. The summed E-state index contributed by atoms with van der Waals surface area (Å²) in [5.41, 5.74) is 1.58.